The zero-order valence-electron chi connectivity index (χ0n) is 11.0. The van der Waals surface area contributed by atoms with E-state index in [0.29, 0.717) is 38.6 Å². The highest BCUT2D eigenvalue weighted by molar-refractivity contribution is 5.76. The van der Waals surface area contributed by atoms with Gasteiger partial charge in [-0.05, 0) is 12.0 Å². The fraction of sp³-hybridized carbons (Fsp3) is 0.583. The topological polar surface area (TPSA) is 93.6 Å². The van der Waals surface area contributed by atoms with E-state index in [-0.39, 0.29) is 12.5 Å². The van der Waals surface area contributed by atoms with Crippen molar-refractivity contribution in [1.82, 2.24) is 15.3 Å². The number of rotatable bonds is 9. The largest absolute Gasteiger partial charge is 0.467 e. The molecule has 1 aromatic heterocycles. The number of aromatic nitrogens is 2. The second kappa shape index (κ2) is 9.23. The number of hydrogen-bond acceptors (Lipinski definition) is 6. The molecule has 7 nitrogen and oxygen atoms in total. The first-order chi connectivity index (χ1) is 9.26. The average molecular weight is 269 g/mol. The van der Waals surface area contributed by atoms with Crippen LogP contribution in [0, 0.1) is 0 Å². The number of amides is 1. The Kier molecular flexibility index (Phi) is 7.45. The molecule has 0 bridgehead atoms. The van der Waals surface area contributed by atoms with Crippen LogP contribution in [0.25, 0.3) is 0 Å². The third-order valence-corrected chi connectivity index (χ3v) is 2.31. The Morgan fingerprint density at radius 1 is 1.37 bits per heavy atom. The summed E-state index contributed by atoms with van der Waals surface area (Å²) in [4.78, 5) is 19.4. The molecule has 7 heteroatoms. The highest BCUT2D eigenvalue weighted by atomic mass is 16.5. The molecular weight excluding hydrogens is 250 g/mol. The van der Waals surface area contributed by atoms with Gasteiger partial charge in [-0.25, -0.2) is 9.97 Å². The summed E-state index contributed by atoms with van der Waals surface area (Å²) < 4.78 is 9.87. The molecule has 0 aliphatic rings. The zero-order chi connectivity index (χ0) is 13.9. The lowest BCUT2D eigenvalue weighted by molar-refractivity contribution is -0.121. The molecule has 1 heterocycles. The normalized spacial score (nSPS) is 10.2. The number of hydrogen-bond donors (Lipinski definition) is 2. The van der Waals surface area contributed by atoms with Gasteiger partial charge < -0.3 is 19.9 Å². The molecule has 1 rings (SSSR count). The molecule has 0 aliphatic heterocycles. The molecule has 0 atom stereocenters. The van der Waals surface area contributed by atoms with Crippen molar-refractivity contribution in [2.24, 2.45) is 0 Å². The SMILES string of the molecule is COc1ncc(CCC(=O)NCCOCCO)cn1. The number of aliphatic hydroxyl groups is 1. The highest BCUT2D eigenvalue weighted by Gasteiger charge is 2.03. The molecule has 19 heavy (non-hydrogen) atoms. The Balaban J connectivity index is 2.15. The summed E-state index contributed by atoms with van der Waals surface area (Å²) in [6, 6.07) is 0.314. The molecule has 0 spiro atoms. The van der Waals surface area contributed by atoms with Gasteiger partial charge in [0.2, 0.25) is 5.91 Å². The maximum absolute atomic E-state index is 11.5. The number of aryl methyl sites for hydroxylation is 1. The maximum Gasteiger partial charge on any atom is 0.316 e. The molecule has 1 amide bonds. The summed E-state index contributed by atoms with van der Waals surface area (Å²) in [5.74, 6) is -0.0524. The lowest BCUT2D eigenvalue weighted by atomic mass is 10.2. The summed E-state index contributed by atoms with van der Waals surface area (Å²) in [5, 5.41) is 11.2. The van der Waals surface area contributed by atoms with E-state index in [1.165, 1.54) is 7.11 Å². The molecule has 0 saturated carbocycles. The Hall–Kier alpha value is -1.73. The first-order valence-corrected chi connectivity index (χ1v) is 6.06. The molecule has 2 N–H and O–H groups in total. The molecule has 0 radical (unpaired) electrons. The van der Waals surface area contributed by atoms with Crippen LogP contribution in [0.1, 0.15) is 12.0 Å². The molecule has 0 saturated heterocycles. The minimum Gasteiger partial charge on any atom is -0.467 e. The molecule has 0 unspecified atom stereocenters. The number of ether oxygens (including phenoxy) is 2. The number of aliphatic hydroxyl groups excluding tert-OH is 1. The van der Waals surface area contributed by atoms with Crippen LogP contribution in [0.15, 0.2) is 12.4 Å². The second-order valence-electron chi connectivity index (χ2n) is 3.76. The Labute approximate surface area is 112 Å². The monoisotopic (exact) mass is 269 g/mol. The van der Waals surface area contributed by atoms with Gasteiger partial charge in [0.25, 0.3) is 0 Å². The van der Waals surface area contributed by atoms with Crippen molar-refractivity contribution in [3.8, 4) is 6.01 Å². The van der Waals surface area contributed by atoms with E-state index in [1.54, 1.807) is 12.4 Å². The van der Waals surface area contributed by atoms with Crippen molar-refractivity contribution < 1.29 is 19.4 Å². The first-order valence-electron chi connectivity index (χ1n) is 6.06. The van der Waals surface area contributed by atoms with E-state index in [9.17, 15) is 4.79 Å². The van der Waals surface area contributed by atoms with Gasteiger partial charge in [-0.15, -0.1) is 0 Å². The standard InChI is InChI=1S/C12H19N3O4/c1-18-12-14-8-10(9-15-12)2-3-11(17)13-4-6-19-7-5-16/h8-9,16H,2-7H2,1H3,(H,13,17). The molecule has 0 fully saturated rings. The molecule has 1 aromatic rings. The minimum absolute atomic E-state index is 0.00852. The average Bonchev–Trinajstić information content (AvgIpc) is 2.45. The van der Waals surface area contributed by atoms with Crippen LogP contribution in [-0.4, -0.2) is 54.5 Å². The number of methoxy groups -OCH3 is 1. The fourth-order valence-electron chi connectivity index (χ4n) is 1.35. The van der Waals surface area contributed by atoms with Gasteiger partial charge in [0, 0.05) is 25.4 Å². The third-order valence-electron chi connectivity index (χ3n) is 2.31. The molecule has 0 aromatic carbocycles. The third kappa shape index (κ3) is 6.68. The van der Waals surface area contributed by atoms with Gasteiger partial charge in [0.05, 0.1) is 26.9 Å². The molecular formula is C12H19N3O4. The first kappa shape index (κ1) is 15.3. The number of carbonyl (C=O) groups excluding carboxylic acids is 1. The number of nitrogens with one attached hydrogen (secondary N) is 1. The van der Waals surface area contributed by atoms with Gasteiger partial charge >= 0.3 is 6.01 Å². The predicted molar refractivity (Wildman–Crippen MR) is 67.8 cm³/mol. The van der Waals surface area contributed by atoms with Crippen molar-refractivity contribution in [2.75, 3.05) is 33.5 Å². The van der Waals surface area contributed by atoms with Crippen LogP contribution in [0.4, 0.5) is 0 Å². The number of nitrogens with zero attached hydrogens (tertiary/aromatic N) is 2. The van der Waals surface area contributed by atoms with Gasteiger partial charge in [0.1, 0.15) is 0 Å². The van der Waals surface area contributed by atoms with E-state index in [1.807, 2.05) is 0 Å². The van der Waals surface area contributed by atoms with Gasteiger partial charge in [-0.2, -0.15) is 0 Å². The van der Waals surface area contributed by atoms with E-state index in [0.717, 1.165) is 5.56 Å². The summed E-state index contributed by atoms with van der Waals surface area (Å²) in [5.41, 5.74) is 0.882. The van der Waals surface area contributed by atoms with Crippen molar-refractivity contribution in [2.45, 2.75) is 12.8 Å². The van der Waals surface area contributed by atoms with Crippen molar-refractivity contribution in [3.63, 3.8) is 0 Å². The molecule has 106 valence electrons. The van der Waals surface area contributed by atoms with Crippen molar-refractivity contribution >= 4 is 5.91 Å². The van der Waals surface area contributed by atoms with Crippen LogP contribution in [-0.2, 0) is 16.0 Å². The Morgan fingerprint density at radius 3 is 2.74 bits per heavy atom. The predicted octanol–water partition coefficient (Wildman–Crippen LogP) is -0.457. The Morgan fingerprint density at radius 2 is 2.11 bits per heavy atom. The van der Waals surface area contributed by atoms with E-state index < -0.39 is 0 Å². The van der Waals surface area contributed by atoms with Crippen LogP contribution in [0.5, 0.6) is 6.01 Å². The fourth-order valence-corrected chi connectivity index (χ4v) is 1.35. The lowest BCUT2D eigenvalue weighted by Crippen LogP contribution is -2.27. The van der Waals surface area contributed by atoms with Gasteiger partial charge in [0.15, 0.2) is 0 Å². The Bertz CT molecular complexity index is 370. The smallest absolute Gasteiger partial charge is 0.316 e. The molecule has 0 aliphatic carbocycles. The number of carbonyl (C=O) groups is 1. The lowest BCUT2D eigenvalue weighted by Gasteiger charge is -2.05. The van der Waals surface area contributed by atoms with Crippen LogP contribution in [0.2, 0.25) is 0 Å². The van der Waals surface area contributed by atoms with Gasteiger partial charge in [-0.3, -0.25) is 4.79 Å². The van der Waals surface area contributed by atoms with Crippen LogP contribution >= 0.6 is 0 Å². The summed E-state index contributed by atoms with van der Waals surface area (Å²) in [6.45, 7) is 1.13. The van der Waals surface area contributed by atoms with Crippen molar-refractivity contribution in [3.05, 3.63) is 18.0 Å². The van der Waals surface area contributed by atoms with Gasteiger partial charge in [-0.1, -0.05) is 0 Å². The van der Waals surface area contributed by atoms with E-state index in [4.69, 9.17) is 14.6 Å². The highest BCUT2D eigenvalue weighted by Crippen LogP contribution is 2.04. The van der Waals surface area contributed by atoms with Crippen LogP contribution < -0.4 is 10.1 Å². The quantitative estimate of drug-likeness (QED) is 0.589. The summed E-state index contributed by atoms with van der Waals surface area (Å²) in [6.07, 6.45) is 4.23. The van der Waals surface area contributed by atoms with E-state index in [2.05, 4.69) is 15.3 Å². The second-order valence-corrected chi connectivity index (χ2v) is 3.76. The van der Waals surface area contributed by atoms with E-state index >= 15 is 0 Å². The summed E-state index contributed by atoms with van der Waals surface area (Å²) in [7, 11) is 1.50. The summed E-state index contributed by atoms with van der Waals surface area (Å²) >= 11 is 0. The zero-order valence-corrected chi connectivity index (χ0v) is 11.0. The maximum atomic E-state index is 11.5. The minimum atomic E-state index is -0.0524. The van der Waals surface area contributed by atoms with Crippen LogP contribution in [0.3, 0.4) is 0 Å². The van der Waals surface area contributed by atoms with Crippen molar-refractivity contribution in [1.29, 1.82) is 0 Å².